The molecule has 0 spiro atoms. The third-order valence-electron chi connectivity index (χ3n) is 3.65. The van der Waals surface area contributed by atoms with Gasteiger partial charge in [0.15, 0.2) is 0 Å². The first kappa shape index (κ1) is 15.1. The van der Waals surface area contributed by atoms with E-state index in [4.69, 9.17) is 18.9 Å². The maximum absolute atomic E-state index is 6.03. The summed E-state index contributed by atoms with van der Waals surface area (Å²) in [6.07, 6.45) is 5.66. The van der Waals surface area contributed by atoms with Crippen molar-refractivity contribution in [3.63, 3.8) is 0 Å². The van der Waals surface area contributed by atoms with Crippen LogP contribution in [0.15, 0.2) is 37.4 Å². The van der Waals surface area contributed by atoms with Crippen LogP contribution >= 0.6 is 0 Å². The van der Waals surface area contributed by atoms with E-state index in [9.17, 15) is 0 Å². The molecule has 118 valence electrons. The minimum atomic E-state index is 0.220. The van der Waals surface area contributed by atoms with E-state index in [2.05, 4.69) is 13.2 Å². The standard InChI is InChI=1S/C18H22O4/c1-3-5-13-7-8-17(21-11-14-9-19-14)16(6-4-2)18(13)22-12-15-10-20-15/h3-4,7-8,14-15H,1-2,5-6,9-12H2. The normalized spacial score (nSPS) is 22.0. The molecule has 3 rings (SSSR count). The van der Waals surface area contributed by atoms with Gasteiger partial charge in [0.25, 0.3) is 0 Å². The second-order valence-corrected chi connectivity index (χ2v) is 5.55. The van der Waals surface area contributed by atoms with Gasteiger partial charge in [-0.25, -0.2) is 0 Å². The lowest BCUT2D eigenvalue weighted by atomic mass is 10.0. The van der Waals surface area contributed by atoms with Gasteiger partial charge in [0, 0.05) is 5.56 Å². The van der Waals surface area contributed by atoms with Gasteiger partial charge in [0.05, 0.1) is 13.2 Å². The molecule has 0 radical (unpaired) electrons. The molecule has 0 N–H and O–H groups in total. The van der Waals surface area contributed by atoms with Crippen LogP contribution in [0, 0.1) is 0 Å². The molecule has 4 nitrogen and oxygen atoms in total. The number of rotatable bonds is 10. The average Bonchev–Trinajstić information content (AvgIpc) is 3.40. The van der Waals surface area contributed by atoms with E-state index in [1.807, 2.05) is 24.3 Å². The summed E-state index contributed by atoms with van der Waals surface area (Å²) in [5, 5.41) is 0. The van der Waals surface area contributed by atoms with E-state index in [0.29, 0.717) is 19.6 Å². The van der Waals surface area contributed by atoms with Crippen LogP contribution in [-0.4, -0.2) is 38.6 Å². The Morgan fingerprint density at radius 1 is 1.00 bits per heavy atom. The van der Waals surface area contributed by atoms with Crippen molar-refractivity contribution < 1.29 is 18.9 Å². The fourth-order valence-corrected chi connectivity index (χ4v) is 2.31. The molecule has 0 saturated carbocycles. The number of hydrogen-bond donors (Lipinski definition) is 0. The van der Waals surface area contributed by atoms with E-state index in [0.717, 1.165) is 42.3 Å². The van der Waals surface area contributed by atoms with Crippen molar-refractivity contribution in [3.8, 4) is 11.5 Å². The maximum atomic E-state index is 6.03. The molecule has 2 aliphatic rings. The number of hydrogen-bond acceptors (Lipinski definition) is 4. The molecule has 0 aromatic heterocycles. The first-order valence-corrected chi connectivity index (χ1v) is 7.67. The molecule has 2 unspecified atom stereocenters. The van der Waals surface area contributed by atoms with Gasteiger partial charge in [-0.1, -0.05) is 18.2 Å². The van der Waals surface area contributed by atoms with Crippen LogP contribution in [0.2, 0.25) is 0 Å². The molecule has 1 aromatic rings. The van der Waals surface area contributed by atoms with Gasteiger partial charge in [-0.3, -0.25) is 0 Å². The molecule has 2 heterocycles. The van der Waals surface area contributed by atoms with Crippen LogP contribution in [0.4, 0.5) is 0 Å². The second-order valence-electron chi connectivity index (χ2n) is 5.55. The van der Waals surface area contributed by atoms with Gasteiger partial charge < -0.3 is 18.9 Å². The summed E-state index contributed by atoms with van der Waals surface area (Å²) in [6.45, 7) is 10.4. The van der Waals surface area contributed by atoms with E-state index in [-0.39, 0.29) is 12.2 Å². The highest BCUT2D eigenvalue weighted by Crippen LogP contribution is 2.35. The Morgan fingerprint density at radius 3 is 2.23 bits per heavy atom. The van der Waals surface area contributed by atoms with Crippen molar-refractivity contribution in [2.24, 2.45) is 0 Å². The highest BCUT2D eigenvalue weighted by atomic mass is 16.6. The Morgan fingerprint density at radius 2 is 1.64 bits per heavy atom. The van der Waals surface area contributed by atoms with Gasteiger partial charge in [0.2, 0.25) is 0 Å². The molecule has 0 amide bonds. The predicted octanol–water partition coefficient (Wildman–Crippen LogP) is 2.70. The third-order valence-corrected chi connectivity index (χ3v) is 3.65. The highest BCUT2D eigenvalue weighted by molar-refractivity contribution is 5.51. The summed E-state index contributed by atoms with van der Waals surface area (Å²) < 4.78 is 22.4. The lowest BCUT2D eigenvalue weighted by Gasteiger charge is -2.18. The Bertz CT molecular complexity index is 544. The van der Waals surface area contributed by atoms with Crippen LogP contribution in [0.5, 0.6) is 11.5 Å². The van der Waals surface area contributed by atoms with Gasteiger partial charge in [-0.15, -0.1) is 13.2 Å². The van der Waals surface area contributed by atoms with E-state index >= 15 is 0 Å². The Labute approximate surface area is 131 Å². The number of benzene rings is 1. The van der Waals surface area contributed by atoms with Crippen molar-refractivity contribution in [2.45, 2.75) is 25.0 Å². The van der Waals surface area contributed by atoms with Crippen molar-refractivity contribution in [1.82, 2.24) is 0 Å². The number of epoxide rings is 2. The topological polar surface area (TPSA) is 43.5 Å². The van der Waals surface area contributed by atoms with E-state index in [1.54, 1.807) is 0 Å². The quantitative estimate of drug-likeness (QED) is 0.492. The smallest absolute Gasteiger partial charge is 0.130 e. The largest absolute Gasteiger partial charge is 0.490 e. The first-order chi connectivity index (χ1) is 10.8. The van der Waals surface area contributed by atoms with Crippen LogP contribution in [-0.2, 0) is 22.3 Å². The first-order valence-electron chi connectivity index (χ1n) is 7.67. The summed E-state index contributed by atoms with van der Waals surface area (Å²) in [7, 11) is 0. The number of allylic oxidation sites excluding steroid dienone is 2. The monoisotopic (exact) mass is 302 g/mol. The molecule has 2 fully saturated rings. The van der Waals surface area contributed by atoms with Gasteiger partial charge in [0.1, 0.15) is 36.9 Å². The minimum absolute atomic E-state index is 0.220. The van der Waals surface area contributed by atoms with Crippen LogP contribution in [0.3, 0.4) is 0 Å². The lowest BCUT2D eigenvalue weighted by molar-refractivity contribution is 0.248. The zero-order valence-electron chi connectivity index (χ0n) is 12.8. The Balaban J connectivity index is 1.84. The molecular weight excluding hydrogens is 280 g/mol. The molecule has 2 saturated heterocycles. The Hall–Kier alpha value is -1.78. The SMILES string of the molecule is C=CCc1ccc(OCC2CO2)c(CC=C)c1OCC1CO1. The van der Waals surface area contributed by atoms with Crippen LogP contribution in [0.1, 0.15) is 11.1 Å². The van der Waals surface area contributed by atoms with Crippen molar-refractivity contribution >= 4 is 0 Å². The van der Waals surface area contributed by atoms with Crippen molar-refractivity contribution in [2.75, 3.05) is 26.4 Å². The third kappa shape index (κ3) is 3.90. The molecule has 0 aliphatic carbocycles. The van der Waals surface area contributed by atoms with Crippen LogP contribution in [0.25, 0.3) is 0 Å². The molecule has 2 aliphatic heterocycles. The molecule has 22 heavy (non-hydrogen) atoms. The summed E-state index contributed by atoms with van der Waals surface area (Å²) in [5.74, 6) is 1.72. The fourth-order valence-electron chi connectivity index (χ4n) is 2.31. The van der Waals surface area contributed by atoms with E-state index < -0.39 is 0 Å². The zero-order chi connectivity index (χ0) is 15.4. The van der Waals surface area contributed by atoms with Gasteiger partial charge in [-0.05, 0) is 24.5 Å². The average molecular weight is 302 g/mol. The molecule has 1 aromatic carbocycles. The Kier molecular flexibility index (Phi) is 4.80. The molecule has 2 atom stereocenters. The van der Waals surface area contributed by atoms with Gasteiger partial charge >= 0.3 is 0 Å². The van der Waals surface area contributed by atoms with Crippen molar-refractivity contribution in [1.29, 1.82) is 0 Å². The number of ether oxygens (including phenoxy) is 4. The minimum Gasteiger partial charge on any atom is -0.490 e. The molecule has 0 bridgehead atoms. The molecule has 4 heteroatoms. The summed E-state index contributed by atoms with van der Waals surface area (Å²) >= 11 is 0. The van der Waals surface area contributed by atoms with Gasteiger partial charge in [-0.2, -0.15) is 0 Å². The second kappa shape index (κ2) is 6.99. The summed E-state index contributed by atoms with van der Waals surface area (Å²) in [4.78, 5) is 0. The van der Waals surface area contributed by atoms with E-state index in [1.165, 1.54) is 0 Å². The van der Waals surface area contributed by atoms with Crippen LogP contribution < -0.4 is 9.47 Å². The summed E-state index contributed by atoms with van der Waals surface area (Å²) in [5.41, 5.74) is 2.15. The highest BCUT2D eigenvalue weighted by Gasteiger charge is 2.26. The lowest BCUT2D eigenvalue weighted by Crippen LogP contribution is -2.11. The summed E-state index contributed by atoms with van der Waals surface area (Å²) in [6, 6.07) is 4.04. The zero-order valence-corrected chi connectivity index (χ0v) is 12.8. The van der Waals surface area contributed by atoms with Crippen molar-refractivity contribution in [3.05, 3.63) is 48.6 Å². The molecular formula is C18H22O4. The fraction of sp³-hybridized carbons (Fsp3) is 0.444. The maximum Gasteiger partial charge on any atom is 0.130 e. The predicted molar refractivity (Wildman–Crippen MR) is 84.7 cm³/mol.